The molecule has 0 saturated carbocycles. The molecule has 0 saturated heterocycles. The second kappa shape index (κ2) is 7.81. The van der Waals surface area contributed by atoms with E-state index < -0.39 is 0 Å². The lowest BCUT2D eigenvalue weighted by atomic mass is 9.99. The lowest BCUT2D eigenvalue weighted by molar-refractivity contribution is 0.501. The highest BCUT2D eigenvalue weighted by Gasteiger charge is 2.07. The first-order valence-electron chi connectivity index (χ1n) is 7.23. The van der Waals surface area contributed by atoms with Crippen molar-refractivity contribution in [3.63, 3.8) is 0 Å². The molecule has 1 N–H and O–H groups in total. The molecular formula is C18H22FN. The van der Waals surface area contributed by atoms with Gasteiger partial charge in [0.15, 0.2) is 0 Å². The molecule has 1 unspecified atom stereocenters. The van der Waals surface area contributed by atoms with E-state index in [4.69, 9.17) is 0 Å². The van der Waals surface area contributed by atoms with Crippen LogP contribution in [0.3, 0.4) is 0 Å². The Balaban J connectivity index is 1.79. The summed E-state index contributed by atoms with van der Waals surface area (Å²) < 4.78 is 12.9. The fourth-order valence-electron chi connectivity index (χ4n) is 2.45. The molecule has 0 radical (unpaired) electrons. The summed E-state index contributed by atoms with van der Waals surface area (Å²) in [4.78, 5) is 0. The third-order valence-electron chi connectivity index (χ3n) is 3.66. The minimum atomic E-state index is -0.168. The fourth-order valence-corrected chi connectivity index (χ4v) is 2.45. The van der Waals surface area contributed by atoms with Gasteiger partial charge in [0.1, 0.15) is 5.82 Å². The quantitative estimate of drug-likeness (QED) is 0.803. The van der Waals surface area contributed by atoms with Crippen LogP contribution in [0.25, 0.3) is 0 Å². The smallest absolute Gasteiger partial charge is 0.123 e. The molecule has 0 aliphatic carbocycles. The normalized spacial score (nSPS) is 12.3. The Morgan fingerprint density at radius 1 is 0.950 bits per heavy atom. The predicted molar refractivity (Wildman–Crippen MR) is 82.3 cm³/mol. The summed E-state index contributed by atoms with van der Waals surface area (Å²) in [6.07, 6.45) is 4.35. The van der Waals surface area contributed by atoms with E-state index in [1.807, 2.05) is 19.2 Å². The van der Waals surface area contributed by atoms with E-state index in [1.54, 1.807) is 0 Å². The number of hydrogen-bond acceptors (Lipinski definition) is 1. The Labute approximate surface area is 120 Å². The predicted octanol–water partition coefficient (Wildman–Crippen LogP) is 3.98. The van der Waals surface area contributed by atoms with Gasteiger partial charge in [-0.05, 0) is 56.0 Å². The van der Waals surface area contributed by atoms with Crippen LogP contribution in [0, 0.1) is 5.82 Å². The van der Waals surface area contributed by atoms with Crippen LogP contribution in [-0.4, -0.2) is 13.1 Å². The van der Waals surface area contributed by atoms with E-state index in [0.717, 1.165) is 25.7 Å². The molecule has 2 rings (SSSR count). The lowest BCUT2D eigenvalue weighted by Crippen LogP contribution is -2.27. The second-order valence-corrected chi connectivity index (χ2v) is 5.19. The minimum Gasteiger partial charge on any atom is -0.317 e. The first-order valence-corrected chi connectivity index (χ1v) is 7.23. The highest BCUT2D eigenvalue weighted by atomic mass is 19.1. The van der Waals surface area contributed by atoms with Crippen molar-refractivity contribution in [2.75, 3.05) is 7.05 Å². The van der Waals surface area contributed by atoms with Gasteiger partial charge < -0.3 is 5.32 Å². The molecule has 0 fully saturated rings. The number of hydrogen-bond donors (Lipinski definition) is 1. The molecule has 0 aromatic heterocycles. The first kappa shape index (κ1) is 14.7. The monoisotopic (exact) mass is 271 g/mol. The Morgan fingerprint density at radius 2 is 1.65 bits per heavy atom. The summed E-state index contributed by atoms with van der Waals surface area (Å²) in [7, 11) is 2.00. The molecule has 2 aromatic rings. The zero-order valence-corrected chi connectivity index (χ0v) is 12.0. The Bertz CT molecular complexity index is 493. The molecule has 20 heavy (non-hydrogen) atoms. The van der Waals surface area contributed by atoms with E-state index >= 15 is 0 Å². The van der Waals surface area contributed by atoms with Crippen LogP contribution in [0.5, 0.6) is 0 Å². The zero-order chi connectivity index (χ0) is 14.2. The largest absolute Gasteiger partial charge is 0.317 e. The SMILES string of the molecule is CNC(CCCc1ccccc1)Cc1ccc(F)cc1. The van der Waals surface area contributed by atoms with Crippen LogP contribution in [0.1, 0.15) is 24.0 Å². The molecule has 0 aliphatic heterocycles. The van der Waals surface area contributed by atoms with Crippen molar-refractivity contribution in [3.8, 4) is 0 Å². The first-order chi connectivity index (χ1) is 9.78. The lowest BCUT2D eigenvalue weighted by Gasteiger charge is -2.16. The van der Waals surface area contributed by atoms with Crippen LogP contribution < -0.4 is 5.32 Å². The van der Waals surface area contributed by atoms with E-state index in [9.17, 15) is 4.39 Å². The van der Waals surface area contributed by atoms with Gasteiger partial charge in [-0.2, -0.15) is 0 Å². The molecule has 0 aliphatic rings. The van der Waals surface area contributed by atoms with Gasteiger partial charge in [-0.15, -0.1) is 0 Å². The third kappa shape index (κ3) is 4.78. The molecule has 1 atom stereocenters. The number of likely N-dealkylation sites (N-methyl/N-ethyl adjacent to an activating group) is 1. The molecular weight excluding hydrogens is 249 g/mol. The maximum atomic E-state index is 12.9. The molecule has 106 valence electrons. The third-order valence-corrected chi connectivity index (χ3v) is 3.66. The van der Waals surface area contributed by atoms with Crippen molar-refractivity contribution < 1.29 is 4.39 Å². The molecule has 0 spiro atoms. The number of benzene rings is 2. The van der Waals surface area contributed by atoms with Crippen molar-refractivity contribution in [3.05, 3.63) is 71.5 Å². The van der Waals surface area contributed by atoms with Crippen molar-refractivity contribution in [2.24, 2.45) is 0 Å². The summed E-state index contributed by atoms with van der Waals surface area (Å²) >= 11 is 0. The van der Waals surface area contributed by atoms with Gasteiger partial charge in [-0.1, -0.05) is 42.5 Å². The number of halogens is 1. The van der Waals surface area contributed by atoms with Crippen LogP contribution >= 0.6 is 0 Å². The maximum Gasteiger partial charge on any atom is 0.123 e. The van der Waals surface area contributed by atoms with Crippen LogP contribution in [-0.2, 0) is 12.8 Å². The molecule has 0 heterocycles. The second-order valence-electron chi connectivity index (χ2n) is 5.19. The average molecular weight is 271 g/mol. The summed E-state index contributed by atoms with van der Waals surface area (Å²) in [6, 6.07) is 17.8. The van der Waals surface area contributed by atoms with Gasteiger partial charge in [-0.25, -0.2) is 4.39 Å². The standard InChI is InChI=1S/C18H22FN/c1-20-18(14-16-10-12-17(19)13-11-16)9-5-8-15-6-3-2-4-7-15/h2-4,6-7,10-13,18,20H,5,8-9,14H2,1H3. The molecule has 2 heteroatoms. The number of nitrogens with one attached hydrogen (secondary N) is 1. The van der Waals surface area contributed by atoms with Crippen LogP contribution in [0.15, 0.2) is 54.6 Å². The molecule has 2 aromatic carbocycles. The van der Waals surface area contributed by atoms with Gasteiger partial charge in [0.2, 0.25) is 0 Å². The number of rotatable bonds is 7. The Morgan fingerprint density at radius 3 is 2.30 bits per heavy atom. The average Bonchev–Trinajstić information content (AvgIpc) is 2.49. The van der Waals surface area contributed by atoms with Crippen molar-refractivity contribution in [1.29, 1.82) is 0 Å². The van der Waals surface area contributed by atoms with Gasteiger partial charge in [0, 0.05) is 6.04 Å². The zero-order valence-electron chi connectivity index (χ0n) is 12.0. The summed E-state index contributed by atoms with van der Waals surface area (Å²) in [5.74, 6) is -0.168. The molecule has 1 nitrogen and oxygen atoms in total. The summed E-state index contributed by atoms with van der Waals surface area (Å²) in [5.41, 5.74) is 2.58. The van der Waals surface area contributed by atoms with Crippen LogP contribution in [0.2, 0.25) is 0 Å². The topological polar surface area (TPSA) is 12.0 Å². The highest BCUT2D eigenvalue weighted by molar-refractivity contribution is 5.17. The fraction of sp³-hybridized carbons (Fsp3) is 0.333. The van der Waals surface area contributed by atoms with E-state index in [-0.39, 0.29) is 5.82 Å². The van der Waals surface area contributed by atoms with E-state index in [0.29, 0.717) is 6.04 Å². The number of aryl methyl sites for hydroxylation is 1. The van der Waals surface area contributed by atoms with Crippen LogP contribution in [0.4, 0.5) is 4.39 Å². The Hall–Kier alpha value is -1.67. The van der Waals surface area contributed by atoms with Crippen molar-refractivity contribution >= 4 is 0 Å². The van der Waals surface area contributed by atoms with Gasteiger partial charge in [0.05, 0.1) is 0 Å². The maximum absolute atomic E-state index is 12.9. The van der Waals surface area contributed by atoms with Crippen molar-refractivity contribution in [1.82, 2.24) is 5.32 Å². The minimum absolute atomic E-state index is 0.168. The molecule has 0 amide bonds. The summed E-state index contributed by atoms with van der Waals surface area (Å²) in [5, 5.41) is 3.36. The van der Waals surface area contributed by atoms with Gasteiger partial charge in [-0.3, -0.25) is 0 Å². The Kier molecular flexibility index (Phi) is 5.75. The van der Waals surface area contributed by atoms with Gasteiger partial charge in [0.25, 0.3) is 0 Å². The summed E-state index contributed by atoms with van der Waals surface area (Å²) in [6.45, 7) is 0. The highest BCUT2D eigenvalue weighted by Crippen LogP contribution is 2.11. The molecule has 0 bridgehead atoms. The van der Waals surface area contributed by atoms with E-state index in [2.05, 4.69) is 35.6 Å². The van der Waals surface area contributed by atoms with Gasteiger partial charge >= 0.3 is 0 Å². The van der Waals surface area contributed by atoms with E-state index in [1.165, 1.54) is 23.3 Å². The van der Waals surface area contributed by atoms with Crippen molar-refractivity contribution in [2.45, 2.75) is 31.7 Å².